The summed E-state index contributed by atoms with van der Waals surface area (Å²) in [7, 11) is 1.86. The van der Waals surface area contributed by atoms with E-state index in [9.17, 15) is 0 Å². The quantitative estimate of drug-likeness (QED) is 0.895. The Balaban J connectivity index is 2.18. The number of aromatic nitrogens is 2. The number of nitrogens with one attached hydrogen (secondary N) is 1. The van der Waals surface area contributed by atoms with Crippen LogP contribution in [-0.4, -0.2) is 29.6 Å². The second-order valence-corrected chi connectivity index (χ2v) is 4.66. The molecule has 0 unspecified atom stereocenters. The van der Waals surface area contributed by atoms with E-state index in [-0.39, 0.29) is 0 Å². The number of nitrogens with zero attached hydrogens (tertiary/aromatic N) is 3. The van der Waals surface area contributed by atoms with Gasteiger partial charge in [0, 0.05) is 25.0 Å². The summed E-state index contributed by atoms with van der Waals surface area (Å²) in [6.07, 6.45) is 2.56. The van der Waals surface area contributed by atoms with Crippen molar-refractivity contribution in [2.24, 2.45) is 0 Å². The Morgan fingerprint density at radius 1 is 1.28 bits per heavy atom. The summed E-state index contributed by atoms with van der Waals surface area (Å²) in [6.45, 7) is 3.18. The Morgan fingerprint density at radius 2 is 2.06 bits per heavy atom. The first-order valence-electron chi connectivity index (χ1n) is 6.54. The van der Waals surface area contributed by atoms with Crippen LogP contribution in [0, 0.1) is 0 Å². The van der Waals surface area contributed by atoms with E-state index in [1.165, 1.54) is 12.8 Å². The van der Waals surface area contributed by atoms with E-state index in [2.05, 4.69) is 39.2 Å². The summed E-state index contributed by atoms with van der Waals surface area (Å²) in [6, 6.07) is 8.89. The largest absolute Gasteiger partial charge is 0.357 e. The van der Waals surface area contributed by atoms with Crippen molar-refractivity contribution < 1.29 is 0 Å². The topological polar surface area (TPSA) is 41.1 Å². The molecule has 0 aliphatic heterocycles. The summed E-state index contributed by atoms with van der Waals surface area (Å²) < 4.78 is 0. The van der Waals surface area contributed by atoms with E-state index in [0.717, 1.165) is 23.3 Å². The molecule has 4 nitrogen and oxygen atoms in total. The Hall–Kier alpha value is -1.84. The minimum atomic E-state index is 0.665. The molecular weight excluding hydrogens is 224 g/mol. The van der Waals surface area contributed by atoms with Gasteiger partial charge in [-0.3, -0.25) is 0 Å². The van der Waals surface area contributed by atoms with Gasteiger partial charge in [0.2, 0.25) is 5.95 Å². The summed E-state index contributed by atoms with van der Waals surface area (Å²) in [5, 5.41) is 4.19. The van der Waals surface area contributed by atoms with Crippen molar-refractivity contribution in [1.82, 2.24) is 9.97 Å². The van der Waals surface area contributed by atoms with Crippen LogP contribution in [0.15, 0.2) is 24.3 Å². The molecule has 0 amide bonds. The molecule has 1 aliphatic carbocycles. The maximum atomic E-state index is 4.66. The highest BCUT2D eigenvalue weighted by Crippen LogP contribution is 2.34. The zero-order valence-corrected chi connectivity index (χ0v) is 10.8. The van der Waals surface area contributed by atoms with E-state index in [1.807, 2.05) is 19.2 Å². The molecule has 0 radical (unpaired) electrons. The Morgan fingerprint density at radius 3 is 2.72 bits per heavy atom. The third-order valence-electron chi connectivity index (χ3n) is 3.41. The Bertz CT molecular complexity index is 563. The van der Waals surface area contributed by atoms with Gasteiger partial charge in [-0.15, -0.1) is 0 Å². The van der Waals surface area contributed by atoms with E-state index in [4.69, 9.17) is 0 Å². The van der Waals surface area contributed by atoms with Crippen LogP contribution in [-0.2, 0) is 0 Å². The Labute approximate surface area is 107 Å². The first-order valence-corrected chi connectivity index (χ1v) is 6.54. The lowest BCUT2D eigenvalue weighted by molar-refractivity contribution is 0.812. The molecule has 18 heavy (non-hydrogen) atoms. The third-order valence-corrected chi connectivity index (χ3v) is 3.41. The van der Waals surface area contributed by atoms with E-state index < -0.39 is 0 Å². The van der Waals surface area contributed by atoms with Crippen molar-refractivity contribution in [3.05, 3.63) is 24.3 Å². The normalized spacial score (nSPS) is 14.8. The highest BCUT2D eigenvalue weighted by Gasteiger charge is 2.30. The molecule has 1 fully saturated rings. The van der Waals surface area contributed by atoms with Gasteiger partial charge >= 0.3 is 0 Å². The zero-order valence-electron chi connectivity index (χ0n) is 10.8. The van der Waals surface area contributed by atoms with Gasteiger partial charge in [0.15, 0.2) is 0 Å². The number of anilines is 2. The molecule has 0 bridgehead atoms. The number of hydrogen-bond donors (Lipinski definition) is 1. The lowest BCUT2D eigenvalue weighted by atomic mass is 10.2. The molecule has 1 aliphatic rings. The molecule has 94 valence electrons. The second kappa shape index (κ2) is 4.44. The van der Waals surface area contributed by atoms with Crippen LogP contribution in [0.3, 0.4) is 0 Å². The van der Waals surface area contributed by atoms with Gasteiger partial charge in [-0.05, 0) is 31.9 Å². The SMILES string of the molecule is CCN(c1nc(NC)nc2ccccc12)C1CC1. The molecule has 1 heterocycles. The summed E-state index contributed by atoms with van der Waals surface area (Å²) >= 11 is 0. The van der Waals surface area contributed by atoms with Crippen LogP contribution < -0.4 is 10.2 Å². The van der Waals surface area contributed by atoms with Crippen molar-refractivity contribution in [3.63, 3.8) is 0 Å². The number of benzene rings is 1. The predicted octanol–water partition coefficient (Wildman–Crippen LogP) is 2.66. The average molecular weight is 242 g/mol. The van der Waals surface area contributed by atoms with Crippen molar-refractivity contribution >= 4 is 22.7 Å². The number of fused-ring (bicyclic) bond motifs is 1. The van der Waals surface area contributed by atoms with Gasteiger partial charge in [0.05, 0.1) is 5.52 Å². The molecule has 1 saturated carbocycles. The predicted molar refractivity (Wildman–Crippen MR) is 75.1 cm³/mol. The van der Waals surface area contributed by atoms with Crippen LogP contribution in [0.4, 0.5) is 11.8 Å². The van der Waals surface area contributed by atoms with E-state index >= 15 is 0 Å². The lowest BCUT2D eigenvalue weighted by Crippen LogP contribution is -2.26. The fourth-order valence-corrected chi connectivity index (χ4v) is 2.36. The van der Waals surface area contributed by atoms with Crippen molar-refractivity contribution in [1.29, 1.82) is 0 Å². The molecule has 1 aromatic carbocycles. The van der Waals surface area contributed by atoms with Gasteiger partial charge in [0.25, 0.3) is 0 Å². The molecule has 2 aromatic rings. The van der Waals surface area contributed by atoms with E-state index in [0.29, 0.717) is 12.0 Å². The van der Waals surface area contributed by atoms with Gasteiger partial charge in [-0.25, -0.2) is 4.98 Å². The van der Waals surface area contributed by atoms with Crippen LogP contribution >= 0.6 is 0 Å². The van der Waals surface area contributed by atoms with Gasteiger partial charge in [-0.2, -0.15) is 4.98 Å². The average Bonchev–Trinajstić information content (AvgIpc) is 3.24. The second-order valence-electron chi connectivity index (χ2n) is 4.66. The number of para-hydroxylation sites is 1. The molecule has 0 spiro atoms. The van der Waals surface area contributed by atoms with Crippen LogP contribution in [0.25, 0.3) is 10.9 Å². The van der Waals surface area contributed by atoms with Gasteiger partial charge in [-0.1, -0.05) is 12.1 Å². The van der Waals surface area contributed by atoms with Gasteiger partial charge < -0.3 is 10.2 Å². The summed E-state index contributed by atoms with van der Waals surface area (Å²) in [5.41, 5.74) is 1.01. The molecule has 3 rings (SSSR count). The summed E-state index contributed by atoms with van der Waals surface area (Å²) in [4.78, 5) is 11.6. The van der Waals surface area contributed by atoms with Crippen molar-refractivity contribution in [2.75, 3.05) is 23.8 Å². The highest BCUT2D eigenvalue weighted by molar-refractivity contribution is 5.90. The molecule has 0 saturated heterocycles. The molecule has 1 N–H and O–H groups in total. The van der Waals surface area contributed by atoms with Crippen molar-refractivity contribution in [2.45, 2.75) is 25.8 Å². The fraction of sp³-hybridized carbons (Fsp3) is 0.429. The summed E-state index contributed by atoms with van der Waals surface area (Å²) in [5.74, 6) is 1.76. The number of hydrogen-bond acceptors (Lipinski definition) is 4. The maximum absolute atomic E-state index is 4.66. The first kappa shape index (κ1) is 11.3. The standard InChI is InChI=1S/C14H18N4/c1-3-18(10-8-9-10)13-11-6-4-5-7-12(11)16-14(15-2)17-13/h4-7,10H,3,8-9H2,1-2H3,(H,15,16,17). The third kappa shape index (κ3) is 1.88. The van der Waals surface area contributed by atoms with Crippen LogP contribution in [0.5, 0.6) is 0 Å². The van der Waals surface area contributed by atoms with Crippen LogP contribution in [0.1, 0.15) is 19.8 Å². The minimum absolute atomic E-state index is 0.665. The fourth-order valence-electron chi connectivity index (χ4n) is 2.36. The van der Waals surface area contributed by atoms with Crippen LogP contribution in [0.2, 0.25) is 0 Å². The molecular formula is C14H18N4. The van der Waals surface area contributed by atoms with Gasteiger partial charge in [0.1, 0.15) is 5.82 Å². The molecule has 0 atom stereocenters. The minimum Gasteiger partial charge on any atom is -0.357 e. The smallest absolute Gasteiger partial charge is 0.224 e. The number of rotatable bonds is 4. The Kier molecular flexibility index (Phi) is 2.78. The zero-order chi connectivity index (χ0) is 12.5. The van der Waals surface area contributed by atoms with E-state index in [1.54, 1.807) is 0 Å². The maximum Gasteiger partial charge on any atom is 0.224 e. The highest BCUT2D eigenvalue weighted by atomic mass is 15.3. The molecule has 4 heteroatoms. The van der Waals surface area contributed by atoms with Crippen molar-refractivity contribution in [3.8, 4) is 0 Å². The monoisotopic (exact) mass is 242 g/mol. The first-order chi connectivity index (χ1) is 8.83. The molecule has 1 aromatic heterocycles. The lowest BCUT2D eigenvalue weighted by Gasteiger charge is -2.23.